The Balaban J connectivity index is 1.03. The molecule has 2 aromatic carbocycles. The average Bonchev–Trinajstić information content (AvgIpc) is 3.05. The van der Waals surface area contributed by atoms with Gasteiger partial charge >= 0.3 is 0 Å². The van der Waals surface area contributed by atoms with Gasteiger partial charge in [-0.05, 0) is 137 Å². The highest BCUT2D eigenvalue weighted by molar-refractivity contribution is 5.67. The zero-order valence-electron chi connectivity index (χ0n) is 26.3. The van der Waals surface area contributed by atoms with E-state index < -0.39 is 23.3 Å². The lowest BCUT2D eigenvalue weighted by Gasteiger charge is -2.36. The van der Waals surface area contributed by atoms with E-state index in [2.05, 4.69) is 6.08 Å². The van der Waals surface area contributed by atoms with Crippen LogP contribution in [0.2, 0.25) is 0 Å². The third-order valence-electron chi connectivity index (χ3n) is 10.2. The number of ether oxygens (including phenoxy) is 3. The number of hydrogen-bond donors (Lipinski definition) is 0. The molecule has 1 unspecified atom stereocenters. The summed E-state index contributed by atoms with van der Waals surface area (Å²) >= 11 is 0. The molecule has 0 N–H and O–H groups in total. The van der Waals surface area contributed by atoms with E-state index in [0.717, 1.165) is 82.8 Å². The fraction of sp³-hybridized carbons (Fsp3) is 0.622. The number of hydrogen-bond acceptors (Lipinski definition) is 3. The first kappa shape index (κ1) is 32.8. The first-order valence-corrected chi connectivity index (χ1v) is 16.9. The van der Waals surface area contributed by atoms with Crippen LogP contribution in [-0.2, 0) is 4.74 Å². The maximum atomic E-state index is 14.9. The summed E-state index contributed by atoms with van der Waals surface area (Å²) in [6.07, 6.45) is 14.8. The van der Waals surface area contributed by atoms with Crippen LogP contribution in [0.4, 0.5) is 17.6 Å². The first-order valence-electron chi connectivity index (χ1n) is 16.9. The summed E-state index contributed by atoms with van der Waals surface area (Å²) in [5, 5.41) is 0. The summed E-state index contributed by atoms with van der Waals surface area (Å²) in [5.41, 5.74) is 1.73. The van der Waals surface area contributed by atoms with Crippen LogP contribution in [0.15, 0.2) is 30.3 Å². The second kappa shape index (κ2) is 15.6. The van der Waals surface area contributed by atoms with Crippen molar-refractivity contribution in [3.05, 3.63) is 64.7 Å². The Morgan fingerprint density at radius 3 is 2.09 bits per heavy atom. The molecule has 44 heavy (non-hydrogen) atoms. The fourth-order valence-electron chi connectivity index (χ4n) is 7.51. The molecule has 242 valence electrons. The molecule has 0 aliphatic heterocycles. The van der Waals surface area contributed by atoms with Crippen LogP contribution in [-0.4, -0.2) is 25.9 Å². The molecule has 0 radical (unpaired) electrons. The van der Waals surface area contributed by atoms with E-state index in [1.807, 2.05) is 6.92 Å². The van der Waals surface area contributed by atoms with Crippen LogP contribution in [0.1, 0.15) is 114 Å². The smallest absolute Gasteiger partial charge is 0.201 e. The van der Waals surface area contributed by atoms with Crippen molar-refractivity contribution >= 4 is 5.57 Å². The molecule has 0 bridgehead atoms. The Hall–Kier alpha value is -2.54. The van der Waals surface area contributed by atoms with Crippen LogP contribution in [0.25, 0.3) is 5.57 Å². The molecule has 2 saturated carbocycles. The maximum Gasteiger partial charge on any atom is 0.201 e. The van der Waals surface area contributed by atoms with Gasteiger partial charge in [-0.3, -0.25) is 0 Å². The predicted molar refractivity (Wildman–Crippen MR) is 166 cm³/mol. The second-order valence-electron chi connectivity index (χ2n) is 13.0. The largest absolute Gasteiger partial charge is 0.491 e. The van der Waals surface area contributed by atoms with Gasteiger partial charge in [-0.15, -0.1) is 0 Å². The Morgan fingerprint density at radius 2 is 1.41 bits per heavy atom. The minimum absolute atomic E-state index is 0.00661. The molecule has 0 amide bonds. The summed E-state index contributed by atoms with van der Waals surface area (Å²) in [4.78, 5) is 0. The molecular formula is C37H48F4O3. The molecule has 0 spiro atoms. The summed E-state index contributed by atoms with van der Waals surface area (Å²) < 4.78 is 75.5. The maximum absolute atomic E-state index is 14.9. The number of unbranched alkanes of at least 4 members (excludes halogenated alkanes) is 1. The molecule has 0 heterocycles. The number of allylic oxidation sites excluding steroid dienone is 2. The SMILES string of the molecule is CCCCOc1ccc(C2CCC(OCC3CCC(C4CC=C(c5ccc(OCC)c(F)c5F)CC4)CC3)CC2)c(F)c1F. The van der Waals surface area contributed by atoms with Gasteiger partial charge in [0.2, 0.25) is 11.6 Å². The molecule has 1 atom stereocenters. The van der Waals surface area contributed by atoms with E-state index in [-0.39, 0.29) is 23.5 Å². The van der Waals surface area contributed by atoms with Crippen molar-refractivity contribution < 1.29 is 31.8 Å². The Bertz CT molecular complexity index is 1260. The van der Waals surface area contributed by atoms with Gasteiger partial charge in [0.1, 0.15) is 0 Å². The van der Waals surface area contributed by atoms with Crippen LogP contribution >= 0.6 is 0 Å². The van der Waals surface area contributed by atoms with E-state index in [1.54, 1.807) is 25.1 Å². The van der Waals surface area contributed by atoms with Crippen LogP contribution in [0.5, 0.6) is 11.5 Å². The highest BCUT2D eigenvalue weighted by Gasteiger charge is 2.31. The topological polar surface area (TPSA) is 27.7 Å². The molecule has 2 fully saturated rings. The van der Waals surface area contributed by atoms with Crippen molar-refractivity contribution in [2.45, 2.75) is 109 Å². The van der Waals surface area contributed by atoms with Crippen molar-refractivity contribution in [1.29, 1.82) is 0 Å². The Morgan fingerprint density at radius 1 is 0.705 bits per heavy atom. The third kappa shape index (κ3) is 7.81. The van der Waals surface area contributed by atoms with E-state index in [9.17, 15) is 17.6 Å². The van der Waals surface area contributed by atoms with Crippen molar-refractivity contribution in [1.82, 2.24) is 0 Å². The fourth-order valence-corrected chi connectivity index (χ4v) is 7.51. The minimum atomic E-state index is -0.899. The average molecular weight is 617 g/mol. The molecule has 3 aliphatic carbocycles. The zero-order valence-corrected chi connectivity index (χ0v) is 26.3. The highest BCUT2D eigenvalue weighted by atomic mass is 19.2. The van der Waals surface area contributed by atoms with E-state index >= 15 is 0 Å². The predicted octanol–water partition coefficient (Wildman–Crippen LogP) is 10.6. The number of benzene rings is 2. The van der Waals surface area contributed by atoms with Gasteiger partial charge in [0.25, 0.3) is 0 Å². The lowest BCUT2D eigenvalue weighted by Crippen LogP contribution is -2.28. The summed E-state index contributed by atoms with van der Waals surface area (Å²) in [6.45, 7) is 5.25. The van der Waals surface area contributed by atoms with Gasteiger partial charge in [0, 0.05) is 12.2 Å². The van der Waals surface area contributed by atoms with Gasteiger partial charge < -0.3 is 14.2 Å². The van der Waals surface area contributed by atoms with E-state index in [4.69, 9.17) is 14.2 Å². The third-order valence-corrected chi connectivity index (χ3v) is 10.2. The number of rotatable bonds is 12. The molecule has 2 aromatic rings. The Kier molecular flexibility index (Phi) is 11.7. The Labute approximate surface area is 260 Å². The van der Waals surface area contributed by atoms with Crippen molar-refractivity contribution in [3.8, 4) is 11.5 Å². The molecule has 3 nitrogen and oxygen atoms in total. The normalized spacial score (nSPS) is 25.9. The molecule has 5 rings (SSSR count). The molecule has 7 heteroatoms. The molecule has 0 aromatic heterocycles. The highest BCUT2D eigenvalue weighted by Crippen LogP contribution is 2.43. The van der Waals surface area contributed by atoms with Crippen molar-refractivity contribution in [2.75, 3.05) is 19.8 Å². The van der Waals surface area contributed by atoms with Crippen LogP contribution in [0, 0.1) is 41.0 Å². The van der Waals surface area contributed by atoms with E-state index in [1.165, 1.54) is 18.9 Å². The summed E-state index contributed by atoms with van der Waals surface area (Å²) in [5.74, 6) is -1.53. The standard InChI is InChI=1S/C37H48F4O3/c1-3-5-22-43-33-21-19-31(35(39)37(33)41)28-14-16-29(17-15-28)44-23-24-6-8-25(9-7-24)26-10-12-27(13-11-26)30-18-20-32(42-4-2)36(40)34(30)38/h12,18-21,24-26,28-29H,3-11,13-17,22-23H2,1-2H3. The molecule has 3 aliphatic rings. The van der Waals surface area contributed by atoms with Gasteiger partial charge in [0.05, 0.1) is 19.3 Å². The molecular weight excluding hydrogens is 568 g/mol. The summed E-state index contributed by atoms with van der Waals surface area (Å²) in [6, 6.07) is 6.45. The van der Waals surface area contributed by atoms with Crippen molar-refractivity contribution in [3.63, 3.8) is 0 Å². The monoisotopic (exact) mass is 616 g/mol. The van der Waals surface area contributed by atoms with Gasteiger partial charge in [-0.1, -0.05) is 25.5 Å². The number of halogens is 4. The van der Waals surface area contributed by atoms with E-state index in [0.29, 0.717) is 42.1 Å². The van der Waals surface area contributed by atoms with Crippen LogP contribution in [0.3, 0.4) is 0 Å². The van der Waals surface area contributed by atoms with Crippen molar-refractivity contribution in [2.24, 2.45) is 17.8 Å². The molecule has 0 saturated heterocycles. The van der Waals surface area contributed by atoms with Gasteiger partial charge in [-0.25, -0.2) is 8.78 Å². The quantitative estimate of drug-likeness (QED) is 0.175. The summed E-state index contributed by atoms with van der Waals surface area (Å²) in [7, 11) is 0. The van der Waals surface area contributed by atoms with Gasteiger partial charge in [0.15, 0.2) is 23.1 Å². The first-order chi connectivity index (χ1) is 21.4. The minimum Gasteiger partial charge on any atom is -0.491 e. The van der Waals surface area contributed by atoms with Crippen LogP contribution < -0.4 is 9.47 Å². The zero-order chi connectivity index (χ0) is 31.1. The lowest BCUT2D eigenvalue weighted by molar-refractivity contribution is -0.00689. The van der Waals surface area contributed by atoms with Gasteiger partial charge in [-0.2, -0.15) is 8.78 Å². The second-order valence-corrected chi connectivity index (χ2v) is 13.0. The lowest BCUT2D eigenvalue weighted by atomic mass is 9.71.